The fourth-order valence-electron chi connectivity index (χ4n) is 4.04. The normalized spacial score (nSPS) is 22.4. The third kappa shape index (κ3) is 4.18. The molecule has 1 saturated carbocycles. The molecule has 130 valence electrons. The van der Waals surface area contributed by atoms with Crippen molar-refractivity contribution in [2.24, 2.45) is 5.92 Å². The zero-order valence-electron chi connectivity index (χ0n) is 14.4. The van der Waals surface area contributed by atoms with Crippen LogP contribution in [0, 0.1) is 23.6 Å². The van der Waals surface area contributed by atoms with Gasteiger partial charge in [0.2, 0.25) is 0 Å². The number of nitrogens with zero attached hydrogens (tertiary/aromatic N) is 1. The third-order valence-corrected chi connectivity index (χ3v) is 5.51. The van der Waals surface area contributed by atoms with Gasteiger partial charge in [-0.3, -0.25) is 4.90 Å². The molecule has 1 saturated heterocycles. The van der Waals surface area contributed by atoms with E-state index in [9.17, 15) is 9.50 Å². The summed E-state index contributed by atoms with van der Waals surface area (Å²) < 4.78 is 13.3. The van der Waals surface area contributed by atoms with Gasteiger partial charge in [0.15, 0.2) is 5.60 Å². The number of likely N-dealkylation sites (tertiary alicyclic amines) is 1. The van der Waals surface area contributed by atoms with Crippen molar-refractivity contribution >= 4 is 0 Å². The highest BCUT2D eigenvalue weighted by molar-refractivity contribution is 5.33. The van der Waals surface area contributed by atoms with Crippen LogP contribution in [0.15, 0.2) is 24.3 Å². The SMILES string of the molecule is OC(C#CCN1CCCCC1)(c1ccc(F)cc1)C1CCCCC1. The van der Waals surface area contributed by atoms with Crippen LogP contribution in [-0.4, -0.2) is 29.6 Å². The second kappa shape index (κ2) is 8.14. The fraction of sp³-hybridized carbons (Fsp3) is 0.619. The summed E-state index contributed by atoms with van der Waals surface area (Å²) in [6, 6.07) is 6.24. The van der Waals surface area contributed by atoms with Crippen LogP contribution >= 0.6 is 0 Å². The minimum Gasteiger partial charge on any atom is -0.373 e. The van der Waals surface area contributed by atoms with Crippen molar-refractivity contribution in [1.29, 1.82) is 0 Å². The molecule has 0 amide bonds. The number of halogens is 1. The maximum atomic E-state index is 13.3. The van der Waals surface area contributed by atoms with Crippen LogP contribution in [-0.2, 0) is 5.60 Å². The first kappa shape index (κ1) is 17.5. The Labute approximate surface area is 145 Å². The molecule has 0 spiro atoms. The lowest BCUT2D eigenvalue weighted by Gasteiger charge is -2.35. The molecule has 1 aliphatic heterocycles. The fourth-order valence-corrected chi connectivity index (χ4v) is 4.04. The maximum Gasteiger partial charge on any atom is 0.153 e. The number of piperidine rings is 1. The van der Waals surface area contributed by atoms with E-state index in [1.54, 1.807) is 12.1 Å². The molecule has 1 unspecified atom stereocenters. The Kier molecular flexibility index (Phi) is 5.92. The Morgan fingerprint density at radius 2 is 1.62 bits per heavy atom. The summed E-state index contributed by atoms with van der Waals surface area (Å²) in [4.78, 5) is 2.36. The van der Waals surface area contributed by atoms with Crippen LogP contribution in [0.5, 0.6) is 0 Å². The van der Waals surface area contributed by atoms with E-state index in [-0.39, 0.29) is 11.7 Å². The molecule has 1 N–H and O–H groups in total. The van der Waals surface area contributed by atoms with Crippen LogP contribution in [0.4, 0.5) is 4.39 Å². The van der Waals surface area contributed by atoms with E-state index in [1.165, 1.54) is 37.8 Å². The van der Waals surface area contributed by atoms with Gasteiger partial charge < -0.3 is 5.11 Å². The van der Waals surface area contributed by atoms with E-state index in [0.717, 1.165) is 50.9 Å². The van der Waals surface area contributed by atoms with E-state index < -0.39 is 5.60 Å². The van der Waals surface area contributed by atoms with Gasteiger partial charge in [-0.05, 0) is 56.5 Å². The summed E-state index contributed by atoms with van der Waals surface area (Å²) in [6.07, 6.45) is 9.30. The van der Waals surface area contributed by atoms with Crippen molar-refractivity contribution in [3.05, 3.63) is 35.6 Å². The number of rotatable bonds is 3. The van der Waals surface area contributed by atoms with Crippen molar-refractivity contribution in [2.75, 3.05) is 19.6 Å². The monoisotopic (exact) mass is 329 g/mol. The van der Waals surface area contributed by atoms with Crippen molar-refractivity contribution in [3.63, 3.8) is 0 Å². The molecule has 3 rings (SSSR count). The molecule has 0 aromatic heterocycles. The standard InChI is InChI=1S/C21H28FNO/c22-20-12-10-19(11-13-20)21(24,18-8-3-1-4-9-18)14-7-17-23-15-5-2-6-16-23/h10-13,18,24H,1-6,8-9,15-17H2. The Morgan fingerprint density at radius 3 is 2.29 bits per heavy atom. The lowest BCUT2D eigenvalue weighted by molar-refractivity contribution is 0.0158. The van der Waals surface area contributed by atoms with Crippen LogP contribution in [0.3, 0.4) is 0 Å². The average molecular weight is 329 g/mol. The number of benzene rings is 1. The smallest absolute Gasteiger partial charge is 0.153 e. The van der Waals surface area contributed by atoms with Crippen molar-refractivity contribution in [2.45, 2.75) is 57.0 Å². The van der Waals surface area contributed by atoms with Gasteiger partial charge in [0, 0.05) is 5.92 Å². The van der Waals surface area contributed by atoms with E-state index in [0.29, 0.717) is 0 Å². The predicted octanol–water partition coefficient (Wildman–Crippen LogP) is 4.08. The summed E-state index contributed by atoms with van der Waals surface area (Å²) in [5.74, 6) is 6.30. The molecule has 0 radical (unpaired) electrons. The van der Waals surface area contributed by atoms with Gasteiger partial charge in [0.05, 0.1) is 6.54 Å². The van der Waals surface area contributed by atoms with Gasteiger partial charge in [-0.25, -0.2) is 4.39 Å². The maximum absolute atomic E-state index is 13.3. The van der Waals surface area contributed by atoms with Crippen LogP contribution in [0.1, 0.15) is 56.9 Å². The lowest BCUT2D eigenvalue weighted by Crippen LogP contribution is -2.36. The van der Waals surface area contributed by atoms with Crippen molar-refractivity contribution < 1.29 is 9.50 Å². The Morgan fingerprint density at radius 1 is 1.00 bits per heavy atom. The number of aliphatic hydroxyl groups is 1. The zero-order chi connectivity index (χ0) is 16.8. The quantitative estimate of drug-likeness (QED) is 0.845. The summed E-state index contributed by atoms with van der Waals surface area (Å²) in [5, 5.41) is 11.4. The molecule has 1 atom stereocenters. The summed E-state index contributed by atoms with van der Waals surface area (Å²) in [7, 11) is 0. The van der Waals surface area contributed by atoms with Gasteiger partial charge >= 0.3 is 0 Å². The van der Waals surface area contributed by atoms with Crippen molar-refractivity contribution in [1.82, 2.24) is 4.90 Å². The van der Waals surface area contributed by atoms with Gasteiger partial charge in [0.1, 0.15) is 5.82 Å². The second-order valence-corrected chi connectivity index (χ2v) is 7.25. The van der Waals surface area contributed by atoms with E-state index in [2.05, 4.69) is 16.7 Å². The molecule has 2 fully saturated rings. The van der Waals surface area contributed by atoms with Gasteiger partial charge in [-0.1, -0.05) is 49.7 Å². The predicted molar refractivity (Wildman–Crippen MR) is 94.9 cm³/mol. The first-order chi connectivity index (χ1) is 11.7. The van der Waals surface area contributed by atoms with Crippen molar-refractivity contribution in [3.8, 4) is 11.8 Å². The first-order valence-electron chi connectivity index (χ1n) is 9.39. The molecule has 2 nitrogen and oxygen atoms in total. The van der Waals surface area contributed by atoms with E-state index >= 15 is 0 Å². The molecule has 0 bridgehead atoms. The lowest BCUT2D eigenvalue weighted by atomic mass is 9.73. The second-order valence-electron chi connectivity index (χ2n) is 7.25. The molecule has 3 heteroatoms. The minimum atomic E-state index is -1.15. The van der Waals surface area contributed by atoms with Gasteiger partial charge in [-0.2, -0.15) is 0 Å². The topological polar surface area (TPSA) is 23.5 Å². The molecule has 1 aliphatic carbocycles. The molecule has 1 aromatic rings. The van der Waals surface area contributed by atoms with Crippen LogP contribution < -0.4 is 0 Å². The van der Waals surface area contributed by atoms with E-state index in [1.807, 2.05) is 0 Å². The highest BCUT2D eigenvalue weighted by Gasteiger charge is 2.37. The summed E-state index contributed by atoms with van der Waals surface area (Å²) >= 11 is 0. The number of hydrogen-bond acceptors (Lipinski definition) is 2. The molecular formula is C21H28FNO. The molecule has 1 aromatic carbocycles. The number of hydrogen-bond donors (Lipinski definition) is 1. The van der Waals surface area contributed by atoms with Gasteiger partial charge in [0.25, 0.3) is 0 Å². The Hall–Kier alpha value is -1.37. The van der Waals surface area contributed by atoms with Gasteiger partial charge in [-0.15, -0.1) is 0 Å². The Balaban J connectivity index is 1.80. The molecule has 2 aliphatic rings. The zero-order valence-corrected chi connectivity index (χ0v) is 14.4. The minimum absolute atomic E-state index is 0.144. The first-order valence-corrected chi connectivity index (χ1v) is 9.39. The largest absolute Gasteiger partial charge is 0.373 e. The molecule has 24 heavy (non-hydrogen) atoms. The summed E-state index contributed by atoms with van der Waals surface area (Å²) in [5.41, 5.74) is -0.411. The highest BCUT2D eigenvalue weighted by Crippen LogP contribution is 2.39. The third-order valence-electron chi connectivity index (χ3n) is 5.51. The van der Waals surface area contributed by atoms with Crippen LogP contribution in [0.2, 0.25) is 0 Å². The molecule has 1 heterocycles. The summed E-state index contributed by atoms with van der Waals surface area (Å²) in [6.45, 7) is 2.93. The van der Waals surface area contributed by atoms with E-state index in [4.69, 9.17) is 0 Å². The highest BCUT2D eigenvalue weighted by atomic mass is 19.1. The molecular weight excluding hydrogens is 301 g/mol. The average Bonchev–Trinajstić information content (AvgIpc) is 2.64. The van der Waals surface area contributed by atoms with Crippen LogP contribution in [0.25, 0.3) is 0 Å². The Bertz CT molecular complexity index is 576.